The largest absolute Gasteiger partial charge is 0.497 e. The quantitative estimate of drug-likeness (QED) is 0.522. The van der Waals surface area contributed by atoms with Crippen molar-refractivity contribution < 1.29 is 14.3 Å². The molecule has 0 aliphatic carbocycles. The van der Waals surface area contributed by atoms with Gasteiger partial charge in [-0.15, -0.1) is 0 Å². The van der Waals surface area contributed by atoms with Gasteiger partial charge in [-0.2, -0.15) is 5.01 Å². The number of benzene rings is 2. The van der Waals surface area contributed by atoms with Crippen LogP contribution >= 0.6 is 23.8 Å². The highest BCUT2D eigenvalue weighted by Gasteiger charge is 2.49. The summed E-state index contributed by atoms with van der Waals surface area (Å²) in [5.41, 5.74) is 3.60. The Balaban J connectivity index is 1.73. The summed E-state index contributed by atoms with van der Waals surface area (Å²) in [6, 6.07) is 11.6. The van der Waals surface area contributed by atoms with Crippen LogP contribution in [0.4, 0.5) is 10.5 Å². The van der Waals surface area contributed by atoms with Gasteiger partial charge in [0, 0.05) is 10.7 Å². The Labute approximate surface area is 173 Å². The molecular formula is C19H19ClN4O3S. The molecule has 1 aliphatic heterocycles. The predicted molar refractivity (Wildman–Crippen MR) is 111 cm³/mol. The zero-order valence-electron chi connectivity index (χ0n) is 15.5. The Morgan fingerprint density at radius 1 is 1.21 bits per heavy atom. The second kappa shape index (κ2) is 7.65. The van der Waals surface area contributed by atoms with Crippen LogP contribution in [0.5, 0.6) is 5.75 Å². The second-order valence-corrected chi connectivity index (χ2v) is 7.27. The maximum absolute atomic E-state index is 12.9. The number of anilines is 1. The first kappa shape index (κ1) is 19.9. The van der Waals surface area contributed by atoms with Gasteiger partial charge in [0.1, 0.15) is 11.3 Å². The van der Waals surface area contributed by atoms with E-state index in [1.54, 1.807) is 50.4 Å². The molecule has 0 spiro atoms. The normalized spacial score (nSPS) is 18.6. The van der Waals surface area contributed by atoms with Crippen LogP contribution < -0.4 is 20.8 Å². The number of urea groups is 1. The average Bonchev–Trinajstić information content (AvgIpc) is 2.89. The summed E-state index contributed by atoms with van der Waals surface area (Å²) < 4.78 is 5.13. The van der Waals surface area contributed by atoms with Crippen LogP contribution in [-0.2, 0) is 10.3 Å². The monoisotopic (exact) mass is 418 g/mol. The lowest BCUT2D eigenvalue weighted by Gasteiger charge is -2.23. The summed E-state index contributed by atoms with van der Waals surface area (Å²) >= 11 is 11.3. The number of carbonyl (C=O) groups excluding carboxylic acids is 2. The van der Waals surface area contributed by atoms with Crippen LogP contribution in [0, 0.1) is 6.92 Å². The van der Waals surface area contributed by atoms with Gasteiger partial charge < -0.3 is 15.4 Å². The Morgan fingerprint density at radius 3 is 2.50 bits per heavy atom. The maximum atomic E-state index is 12.9. The summed E-state index contributed by atoms with van der Waals surface area (Å²) in [4.78, 5) is 25.3. The molecule has 1 aliphatic rings. The molecule has 0 radical (unpaired) electrons. The lowest BCUT2D eigenvalue weighted by Crippen LogP contribution is -2.49. The van der Waals surface area contributed by atoms with Crippen molar-refractivity contribution in [3.05, 3.63) is 58.6 Å². The summed E-state index contributed by atoms with van der Waals surface area (Å²) in [5, 5.41) is 7.12. The fourth-order valence-electron chi connectivity index (χ4n) is 2.79. The molecule has 9 heteroatoms. The first-order valence-corrected chi connectivity index (χ1v) is 9.18. The number of amides is 3. The molecule has 3 amide bonds. The van der Waals surface area contributed by atoms with Crippen LogP contribution in [0.1, 0.15) is 18.1 Å². The molecule has 1 fully saturated rings. The zero-order chi connectivity index (χ0) is 20.5. The number of hydrogen-bond donors (Lipinski definition) is 3. The third-order valence-corrected chi connectivity index (χ3v) is 5.10. The fourth-order valence-corrected chi connectivity index (χ4v) is 3.18. The van der Waals surface area contributed by atoms with Crippen LogP contribution in [0.15, 0.2) is 42.5 Å². The van der Waals surface area contributed by atoms with Gasteiger partial charge in [-0.25, -0.2) is 4.79 Å². The summed E-state index contributed by atoms with van der Waals surface area (Å²) in [7, 11) is 1.56. The molecule has 0 unspecified atom stereocenters. The molecule has 28 heavy (non-hydrogen) atoms. The van der Waals surface area contributed by atoms with Gasteiger partial charge in [0.15, 0.2) is 5.11 Å². The Bertz CT molecular complexity index is 951. The number of methoxy groups -OCH3 is 1. The standard InChI is InChI=1S/C19H19ClN4O3S/c1-11-4-7-13(10-15(11)20)21-17(28)23-24-16(25)19(2,22-18(24)26)12-5-8-14(27-3)9-6-12/h4-10H,1-3H3,(H,22,26)(H2,21,23,28)/t19-/m1/s1. The van der Waals surface area contributed by atoms with Crippen molar-refractivity contribution in [2.75, 3.05) is 12.4 Å². The van der Waals surface area contributed by atoms with Crippen molar-refractivity contribution in [2.24, 2.45) is 0 Å². The maximum Gasteiger partial charge on any atom is 0.344 e. The van der Waals surface area contributed by atoms with Crippen molar-refractivity contribution in [3.8, 4) is 5.75 Å². The fraction of sp³-hybridized carbons (Fsp3) is 0.211. The third kappa shape index (κ3) is 3.74. The van der Waals surface area contributed by atoms with E-state index in [2.05, 4.69) is 16.1 Å². The molecule has 0 saturated carbocycles. The minimum Gasteiger partial charge on any atom is -0.497 e. The van der Waals surface area contributed by atoms with E-state index in [0.717, 1.165) is 10.6 Å². The highest BCUT2D eigenvalue weighted by Crippen LogP contribution is 2.29. The van der Waals surface area contributed by atoms with Gasteiger partial charge in [-0.05, 0) is 61.5 Å². The summed E-state index contributed by atoms with van der Waals surface area (Å²) in [5.74, 6) is 0.176. The third-order valence-electron chi connectivity index (χ3n) is 4.50. The highest BCUT2D eigenvalue weighted by atomic mass is 35.5. The number of ether oxygens (including phenoxy) is 1. The van der Waals surface area contributed by atoms with Gasteiger partial charge >= 0.3 is 6.03 Å². The first-order chi connectivity index (χ1) is 13.2. The number of nitrogens with one attached hydrogen (secondary N) is 3. The molecule has 1 saturated heterocycles. The second-order valence-electron chi connectivity index (χ2n) is 6.45. The highest BCUT2D eigenvalue weighted by molar-refractivity contribution is 7.80. The van der Waals surface area contributed by atoms with Crippen molar-refractivity contribution in [1.29, 1.82) is 0 Å². The number of hydrazine groups is 1. The van der Waals surface area contributed by atoms with Crippen LogP contribution in [0.2, 0.25) is 5.02 Å². The number of hydrogen-bond acceptors (Lipinski definition) is 4. The number of halogens is 1. The Hall–Kier alpha value is -2.84. The van der Waals surface area contributed by atoms with Crippen LogP contribution in [0.25, 0.3) is 0 Å². The average molecular weight is 419 g/mol. The number of aryl methyl sites for hydroxylation is 1. The van der Waals surface area contributed by atoms with Gasteiger partial charge in [0.25, 0.3) is 5.91 Å². The van der Waals surface area contributed by atoms with Gasteiger partial charge in [-0.3, -0.25) is 10.2 Å². The smallest absolute Gasteiger partial charge is 0.344 e. The lowest BCUT2D eigenvalue weighted by atomic mass is 9.92. The minimum absolute atomic E-state index is 0.0856. The Kier molecular flexibility index (Phi) is 5.44. The molecule has 3 rings (SSSR count). The van der Waals surface area contributed by atoms with Crippen molar-refractivity contribution in [3.63, 3.8) is 0 Å². The summed E-state index contributed by atoms with van der Waals surface area (Å²) in [6.07, 6.45) is 0. The lowest BCUT2D eigenvalue weighted by molar-refractivity contribution is -0.132. The number of carbonyl (C=O) groups is 2. The molecule has 2 aromatic carbocycles. The number of rotatable bonds is 4. The molecule has 1 atom stereocenters. The van der Waals surface area contributed by atoms with Gasteiger partial charge in [0.2, 0.25) is 0 Å². The summed E-state index contributed by atoms with van der Waals surface area (Å²) in [6.45, 7) is 3.52. The van der Waals surface area contributed by atoms with Crippen LogP contribution in [-0.4, -0.2) is 29.2 Å². The van der Waals surface area contributed by atoms with E-state index in [9.17, 15) is 9.59 Å². The van der Waals surface area contributed by atoms with E-state index in [1.165, 1.54) is 0 Å². The number of nitrogens with zero attached hydrogens (tertiary/aromatic N) is 1. The molecule has 0 aromatic heterocycles. The van der Waals surface area contributed by atoms with Gasteiger partial charge in [-0.1, -0.05) is 29.8 Å². The van der Waals surface area contributed by atoms with Crippen LogP contribution in [0.3, 0.4) is 0 Å². The molecule has 1 heterocycles. The van der Waals surface area contributed by atoms with Crippen molar-refractivity contribution in [1.82, 2.24) is 15.8 Å². The van der Waals surface area contributed by atoms with E-state index in [-0.39, 0.29) is 5.11 Å². The van der Waals surface area contributed by atoms with E-state index >= 15 is 0 Å². The topological polar surface area (TPSA) is 82.7 Å². The molecule has 7 nitrogen and oxygen atoms in total. The molecule has 3 N–H and O–H groups in total. The van der Waals surface area contributed by atoms with Crippen molar-refractivity contribution >= 4 is 46.6 Å². The minimum atomic E-state index is -1.22. The predicted octanol–water partition coefficient (Wildman–Crippen LogP) is 3.33. The van der Waals surface area contributed by atoms with E-state index in [4.69, 9.17) is 28.6 Å². The molecular weight excluding hydrogens is 400 g/mol. The zero-order valence-corrected chi connectivity index (χ0v) is 17.1. The number of imide groups is 1. The van der Waals surface area contributed by atoms with Crippen molar-refractivity contribution in [2.45, 2.75) is 19.4 Å². The van der Waals surface area contributed by atoms with E-state index in [1.807, 2.05) is 13.0 Å². The Morgan fingerprint density at radius 2 is 1.89 bits per heavy atom. The number of thiocarbonyl (C=S) groups is 1. The van der Waals surface area contributed by atoms with E-state index < -0.39 is 17.5 Å². The van der Waals surface area contributed by atoms with E-state index in [0.29, 0.717) is 22.0 Å². The first-order valence-electron chi connectivity index (χ1n) is 8.39. The molecule has 0 bridgehead atoms. The molecule has 146 valence electrons. The van der Waals surface area contributed by atoms with Gasteiger partial charge in [0.05, 0.1) is 7.11 Å². The molecule has 2 aromatic rings. The SMILES string of the molecule is COc1ccc([C@@]2(C)NC(=O)N(NC(=S)Nc3ccc(C)c(Cl)c3)C2=O)cc1.